The van der Waals surface area contributed by atoms with Crippen molar-refractivity contribution in [3.8, 4) is 0 Å². The topological polar surface area (TPSA) is 32.7 Å². The molecule has 3 aromatic rings. The normalized spacial score (nSPS) is 14.0. The smallest absolute Gasteiger partial charge is 0.249 e. The zero-order valence-corrected chi connectivity index (χ0v) is 16.6. The van der Waals surface area contributed by atoms with Gasteiger partial charge in [-0.1, -0.05) is 60.2 Å². The molecule has 136 valence electrons. The van der Waals surface area contributed by atoms with Gasteiger partial charge in [0.2, 0.25) is 5.91 Å². The van der Waals surface area contributed by atoms with Gasteiger partial charge >= 0.3 is 0 Å². The third kappa shape index (κ3) is 3.33. The van der Waals surface area contributed by atoms with Gasteiger partial charge in [-0.2, -0.15) is 0 Å². The first-order valence-corrected chi connectivity index (χ1v) is 9.92. The molecule has 0 bridgehead atoms. The van der Waals surface area contributed by atoms with E-state index in [4.69, 9.17) is 4.99 Å². The number of benzene rings is 2. The number of thiophene rings is 1. The zero-order chi connectivity index (χ0) is 19.0. The van der Waals surface area contributed by atoms with Crippen molar-refractivity contribution in [1.29, 1.82) is 0 Å². The summed E-state index contributed by atoms with van der Waals surface area (Å²) in [4.78, 5) is 20.8. The highest BCUT2D eigenvalue weighted by Crippen LogP contribution is 2.39. The van der Waals surface area contributed by atoms with E-state index in [0.717, 1.165) is 27.4 Å². The van der Waals surface area contributed by atoms with Crippen LogP contribution in [-0.2, 0) is 11.3 Å². The minimum Gasteiger partial charge on any atom is -0.297 e. The molecule has 2 aromatic carbocycles. The monoisotopic (exact) mass is 374 g/mol. The maximum atomic E-state index is 13.0. The van der Waals surface area contributed by atoms with Crippen LogP contribution in [-0.4, -0.2) is 18.2 Å². The standard InChI is InChI=1S/C23H22N2OS/c1-15-9-11-19(12-10-15)22-21-16(2)17(3)27-23(21)25(20(26)13-24-22)14-18-7-5-4-6-8-18/h4-12H,13-14H2,1-3H3. The minimum absolute atomic E-state index is 0.0449. The van der Waals surface area contributed by atoms with Crippen molar-refractivity contribution in [2.45, 2.75) is 27.3 Å². The summed E-state index contributed by atoms with van der Waals surface area (Å²) in [5.41, 5.74) is 6.64. The first kappa shape index (κ1) is 17.7. The third-order valence-corrected chi connectivity index (χ3v) is 6.26. The highest BCUT2D eigenvalue weighted by molar-refractivity contribution is 7.17. The fourth-order valence-electron chi connectivity index (χ4n) is 3.38. The van der Waals surface area contributed by atoms with Gasteiger partial charge in [0.05, 0.1) is 12.3 Å². The second kappa shape index (κ2) is 7.12. The van der Waals surface area contributed by atoms with E-state index in [2.05, 4.69) is 57.2 Å². The summed E-state index contributed by atoms with van der Waals surface area (Å²) in [5, 5.41) is 1.01. The molecule has 1 aromatic heterocycles. The molecule has 0 atom stereocenters. The highest BCUT2D eigenvalue weighted by atomic mass is 32.1. The molecule has 1 aliphatic rings. The van der Waals surface area contributed by atoms with E-state index < -0.39 is 0 Å². The van der Waals surface area contributed by atoms with Gasteiger partial charge in [-0.05, 0) is 31.9 Å². The molecule has 0 saturated heterocycles. The molecule has 0 fully saturated rings. The molecule has 0 spiro atoms. The van der Waals surface area contributed by atoms with Crippen molar-refractivity contribution in [2.75, 3.05) is 11.4 Å². The zero-order valence-electron chi connectivity index (χ0n) is 15.8. The Balaban J connectivity index is 1.83. The predicted octanol–water partition coefficient (Wildman–Crippen LogP) is 5.06. The number of anilines is 1. The van der Waals surface area contributed by atoms with Crippen molar-refractivity contribution in [1.82, 2.24) is 0 Å². The van der Waals surface area contributed by atoms with Gasteiger partial charge in [0.15, 0.2) is 0 Å². The Morgan fingerprint density at radius 2 is 1.70 bits per heavy atom. The fourth-order valence-corrected chi connectivity index (χ4v) is 4.55. The van der Waals surface area contributed by atoms with Crippen molar-refractivity contribution in [3.63, 3.8) is 0 Å². The van der Waals surface area contributed by atoms with Crippen LogP contribution >= 0.6 is 11.3 Å². The van der Waals surface area contributed by atoms with Gasteiger partial charge in [-0.15, -0.1) is 11.3 Å². The molecule has 1 aliphatic heterocycles. The second-order valence-electron chi connectivity index (χ2n) is 6.96. The van der Waals surface area contributed by atoms with E-state index >= 15 is 0 Å². The van der Waals surface area contributed by atoms with Crippen molar-refractivity contribution in [2.24, 2.45) is 4.99 Å². The lowest BCUT2D eigenvalue weighted by atomic mass is 9.99. The molecular weight excluding hydrogens is 352 g/mol. The van der Waals surface area contributed by atoms with E-state index in [0.29, 0.717) is 6.54 Å². The molecule has 0 aliphatic carbocycles. The summed E-state index contributed by atoms with van der Waals surface area (Å²) >= 11 is 1.69. The highest BCUT2D eigenvalue weighted by Gasteiger charge is 2.29. The van der Waals surface area contributed by atoms with Crippen LogP contribution in [0.25, 0.3) is 0 Å². The van der Waals surface area contributed by atoms with Gasteiger partial charge < -0.3 is 0 Å². The largest absolute Gasteiger partial charge is 0.297 e. The number of aryl methyl sites for hydroxylation is 2. The maximum absolute atomic E-state index is 13.0. The molecule has 0 N–H and O–H groups in total. The number of nitrogens with zero attached hydrogens (tertiary/aromatic N) is 2. The van der Waals surface area contributed by atoms with Crippen molar-refractivity contribution < 1.29 is 4.79 Å². The van der Waals surface area contributed by atoms with Gasteiger partial charge in [-0.3, -0.25) is 14.7 Å². The third-order valence-electron chi connectivity index (χ3n) is 5.03. The van der Waals surface area contributed by atoms with Crippen LogP contribution in [0.2, 0.25) is 0 Å². The average Bonchev–Trinajstić information content (AvgIpc) is 2.89. The number of hydrogen-bond donors (Lipinski definition) is 0. The number of aliphatic imine (C=N–C) groups is 1. The summed E-state index contributed by atoms with van der Waals surface area (Å²) < 4.78 is 0. The van der Waals surface area contributed by atoms with Crippen LogP contribution in [0.3, 0.4) is 0 Å². The van der Waals surface area contributed by atoms with Crippen LogP contribution in [0.1, 0.15) is 32.7 Å². The van der Waals surface area contributed by atoms with Gasteiger partial charge in [0.1, 0.15) is 11.5 Å². The van der Waals surface area contributed by atoms with E-state index in [9.17, 15) is 4.79 Å². The number of carbonyl (C=O) groups is 1. The Labute approximate surface area is 164 Å². The lowest BCUT2D eigenvalue weighted by Gasteiger charge is -2.20. The predicted molar refractivity (Wildman–Crippen MR) is 113 cm³/mol. The molecule has 4 rings (SSSR count). The van der Waals surface area contributed by atoms with Gasteiger partial charge in [0.25, 0.3) is 0 Å². The minimum atomic E-state index is 0.0449. The number of hydrogen-bond acceptors (Lipinski definition) is 3. The number of carbonyl (C=O) groups excluding carboxylic acids is 1. The Morgan fingerprint density at radius 3 is 2.41 bits per heavy atom. The maximum Gasteiger partial charge on any atom is 0.249 e. The van der Waals surface area contributed by atoms with Crippen LogP contribution in [0.5, 0.6) is 0 Å². The van der Waals surface area contributed by atoms with Crippen LogP contribution in [0.15, 0.2) is 59.6 Å². The van der Waals surface area contributed by atoms with E-state index in [-0.39, 0.29) is 12.5 Å². The summed E-state index contributed by atoms with van der Waals surface area (Å²) in [5.74, 6) is 0.0449. The number of amides is 1. The van der Waals surface area contributed by atoms with Crippen LogP contribution in [0.4, 0.5) is 5.00 Å². The summed E-state index contributed by atoms with van der Waals surface area (Å²) in [6.07, 6.45) is 0. The molecule has 0 saturated carbocycles. The summed E-state index contributed by atoms with van der Waals surface area (Å²) in [7, 11) is 0. The number of fused-ring (bicyclic) bond motifs is 1. The Hall–Kier alpha value is -2.72. The summed E-state index contributed by atoms with van der Waals surface area (Å²) in [6, 6.07) is 18.5. The fraction of sp³-hybridized carbons (Fsp3) is 0.217. The molecular formula is C23H22N2OS. The van der Waals surface area contributed by atoms with Crippen LogP contribution in [0, 0.1) is 20.8 Å². The molecule has 4 heteroatoms. The van der Waals surface area contributed by atoms with Crippen molar-refractivity contribution in [3.05, 3.63) is 87.3 Å². The van der Waals surface area contributed by atoms with E-state index in [1.54, 1.807) is 11.3 Å². The second-order valence-corrected chi connectivity index (χ2v) is 8.16. The molecule has 0 unspecified atom stereocenters. The van der Waals surface area contributed by atoms with Gasteiger partial charge in [-0.25, -0.2) is 0 Å². The Morgan fingerprint density at radius 1 is 1.00 bits per heavy atom. The Kier molecular flexibility index (Phi) is 4.66. The van der Waals surface area contributed by atoms with Crippen molar-refractivity contribution >= 4 is 28.0 Å². The SMILES string of the molecule is Cc1ccc(C2=NCC(=O)N(Cc3ccccc3)c3sc(C)c(C)c32)cc1. The lowest BCUT2D eigenvalue weighted by Crippen LogP contribution is -2.31. The molecule has 27 heavy (non-hydrogen) atoms. The van der Waals surface area contributed by atoms with Gasteiger partial charge in [0, 0.05) is 16.0 Å². The Bertz CT molecular complexity index is 1020. The average molecular weight is 375 g/mol. The van der Waals surface area contributed by atoms with E-state index in [1.807, 2.05) is 23.1 Å². The quantitative estimate of drug-likeness (QED) is 0.631. The number of rotatable bonds is 3. The molecule has 2 heterocycles. The first-order valence-electron chi connectivity index (χ1n) is 9.10. The molecule has 1 amide bonds. The van der Waals surface area contributed by atoms with E-state index in [1.165, 1.54) is 16.0 Å². The lowest BCUT2D eigenvalue weighted by molar-refractivity contribution is -0.117. The summed E-state index contributed by atoms with van der Waals surface area (Å²) in [6.45, 7) is 7.07. The molecule has 0 radical (unpaired) electrons. The van der Waals surface area contributed by atoms with Crippen LogP contribution < -0.4 is 4.90 Å². The first-order chi connectivity index (χ1) is 13.0. The molecule has 3 nitrogen and oxygen atoms in total.